The van der Waals surface area contributed by atoms with Crippen LogP contribution in [-0.4, -0.2) is 6.61 Å². The van der Waals surface area contributed by atoms with Gasteiger partial charge in [-0.05, 0) is 91.2 Å². The fourth-order valence-corrected chi connectivity index (χ4v) is 5.87. The highest BCUT2D eigenvalue weighted by molar-refractivity contribution is 5.84. The maximum absolute atomic E-state index is 5.81. The van der Waals surface area contributed by atoms with Crippen LogP contribution in [-0.2, 0) is 0 Å². The molecule has 156 valence electrons. The summed E-state index contributed by atoms with van der Waals surface area (Å²) in [6.07, 6.45) is 17.1. The van der Waals surface area contributed by atoms with Crippen LogP contribution >= 0.6 is 0 Å². The molecule has 1 heteroatoms. The molecule has 0 amide bonds. The van der Waals surface area contributed by atoms with Crippen LogP contribution in [0.15, 0.2) is 48.6 Å². The van der Waals surface area contributed by atoms with Crippen LogP contribution in [0.2, 0.25) is 0 Å². The van der Waals surface area contributed by atoms with Crippen molar-refractivity contribution < 1.29 is 4.74 Å². The van der Waals surface area contributed by atoms with Crippen LogP contribution in [0.1, 0.15) is 83.1 Å². The van der Waals surface area contributed by atoms with Gasteiger partial charge in [-0.15, -0.1) is 0 Å². The lowest BCUT2D eigenvalue weighted by atomic mass is 9.63. The van der Waals surface area contributed by atoms with Crippen molar-refractivity contribution >= 4 is 10.8 Å². The topological polar surface area (TPSA) is 9.23 Å². The van der Waals surface area contributed by atoms with E-state index in [0.717, 1.165) is 29.4 Å². The van der Waals surface area contributed by atoms with E-state index in [-0.39, 0.29) is 0 Å². The van der Waals surface area contributed by atoms with Gasteiger partial charge in [0.25, 0.3) is 0 Å². The number of allylic oxidation sites excluding steroid dienone is 1. The zero-order chi connectivity index (χ0) is 20.1. The zero-order valence-electron chi connectivity index (χ0n) is 18.4. The third kappa shape index (κ3) is 5.05. The number of benzene rings is 2. The first-order valence-electron chi connectivity index (χ1n) is 12.0. The molecular weight excluding hydrogens is 352 g/mol. The first kappa shape index (κ1) is 20.5. The van der Waals surface area contributed by atoms with Crippen LogP contribution < -0.4 is 4.74 Å². The van der Waals surface area contributed by atoms with Crippen molar-refractivity contribution in [1.82, 2.24) is 0 Å². The van der Waals surface area contributed by atoms with E-state index in [2.05, 4.69) is 43.3 Å². The number of hydrogen-bond acceptors (Lipinski definition) is 1. The summed E-state index contributed by atoms with van der Waals surface area (Å²) >= 11 is 0. The van der Waals surface area contributed by atoms with Gasteiger partial charge in [0.2, 0.25) is 0 Å². The van der Waals surface area contributed by atoms with Gasteiger partial charge in [0.1, 0.15) is 12.4 Å². The molecule has 0 aromatic heterocycles. The van der Waals surface area contributed by atoms with Crippen molar-refractivity contribution in [2.75, 3.05) is 6.61 Å². The van der Waals surface area contributed by atoms with Crippen molar-refractivity contribution in [2.45, 2.75) is 77.6 Å². The number of unbranched alkanes of at least 4 members (excludes halogenated alkanes) is 1. The van der Waals surface area contributed by atoms with Crippen LogP contribution in [0.4, 0.5) is 0 Å². The van der Waals surface area contributed by atoms with Gasteiger partial charge in [0, 0.05) is 0 Å². The fourth-order valence-electron chi connectivity index (χ4n) is 5.87. The summed E-state index contributed by atoms with van der Waals surface area (Å²) in [5.74, 6) is 4.74. The molecule has 4 atom stereocenters. The smallest absolute Gasteiger partial charge is 0.120 e. The second kappa shape index (κ2) is 9.83. The Morgan fingerprint density at radius 2 is 1.72 bits per heavy atom. The van der Waals surface area contributed by atoms with E-state index in [1.54, 1.807) is 5.56 Å². The second-order valence-corrected chi connectivity index (χ2v) is 9.50. The van der Waals surface area contributed by atoms with Gasteiger partial charge >= 0.3 is 0 Å². The van der Waals surface area contributed by atoms with Crippen LogP contribution in [0.5, 0.6) is 5.75 Å². The standard InChI is InChI=1S/C28H38O/c1-3-5-7-21-8-9-23-18-24(11-10-22(23)17-21)25-12-13-27-20-28(29-16-6-4-2)15-14-26(27)19-25/h4,6,12-15,19-24H,3,5,7-11,16-18H2,1-2H3/b6-4+. The molecule has 2 aliphatic carbocycles. The first-order valence-corrected chi connectivity index (χ1v) is 12.0. The summed E-state index contributed by atoms with van der Waals surface area (Å²) < 4.78 is 5.81. The molecule has 29 heavy (non-hydrogen) atoms. The summed E-state index contributed by atoms with van der Waals surface area (Å²) in [5.41, 5.74) is 1.56. The molecular formula is C28H38O. The largest absolute Gasteiger partial charge is 0.490 e. The minimum absolute atomic E-state index is 0.643. The Bertz CT molecular complexity index is 820. The number of ether oxygens (including phenoxy) is 1. The van der Waals surface area contributed by atoms with Crippen LogP contribution in [0, 0.1) is 17.8 Å². The van der Waals surface area contributed by atoms with Gasteiger partial charge in [-0.3, -0.25) is 0 Å². The predicted molar refractivity (Wildman–Crippen MR) is 125 cm³/mol. The van der Waals surface area contributed by atoms with Gasteiger partial charge in [0.05, 0.1) is 0 Å². The Labute approximate surface area is 177 Å². The summed E-state index contributed by atoms with van der Waals surface area (Å²) in [7, 11) is 0. The summed E-state index contributed by atoms with van der Waals surface area (Å²) in [6.45, 7) is 5.00. The molecule has 0 spiro atoms. The van der Waals surface area contributed by atoms with E-state index >= 15 is 0 Å². The average molecular weight is 391 g/mol. The summed E-state index contributed by atoms with van der Waals surface area (Å²) in [4.78, 5) is 0. The zero-order valence-corrected chi connectivity index (χ0v) is 18.4. The predicted octanol–water partition coefficient (Wildman–Crippen LogP) is 8.28. The van der Waals surface area contributed by atoms with Crippen molar-refractivity contribution in [1.29, 1.82) is 0 Å². The molecule has 2 aliphatic rings. The highest BCUT2D eigenvalue weighted by Crippen LogP contribution is 2.48. The molecule has 0 aliphatic heterocycles. The molecule has 2 saturated carbocycles. The Hall–Kier alpha value is -1.76. The lowest BCUT2D eigenvalue weighted by Gasteiger charge is -2.42. The molecule has 4 rings (SSSR count). The van der Waals surface area contributed by atoms with Gasteiger partial charge < -0.3 is 4.74 Å². The first-order chi connectivity index (χ1) is 14.3. The van der Waals surface area contributed by atoms with Gasteiger partial charge in [-0.2, -0.15) is 0 Å². The highest BCUT2D eigenvalue weighted by atomic mass is 16.5. The lowest BCUT2D eigenvalue weighted by Crippen LogP contribution is -2.30. The maximum atomic E-state index is 5.81. The highest BCUT2D eigenvalue weighted by Gasteiger charge is 2.35. The van der Waals surface area contributed by atoms with E-state index in [9.17, 15) is 0 Å². The van der Waals surface area contributed by atoms with Crippen LogP contribution in [0.3, 0.4) is 0 Å². The molecule has 2 fully saturated rings. The van der Waals surface area contributed by atoms with E-state index in [1.807, 2.05) is 19.1 Å². The van der Waals surface area contributed by atoms with Gasteiger partial charge in [-0.25, -0.2) is 0 Å². The Kier molecular flexibility index (Phi) is 6.95. The van der Waals surface area contributed by atoms with E-state index in [4.69, 9.17) is 4.74 Å². The van der Waals surface area contributed by atoms with Crippen molar-refractivity contribution in [3.63, 3.8) is 0 Å². The quantitative estimate of drug-likeness (QED) is 0.432. The molecule has 0 saturated heterocycles. The SMILES string of the molecule is C/C=C/COc1ccc2cc(C3CCC4CC(CCCC)CCC4C3)ccc2c1. The Balaban J connectivity index is 1.39. The molecule has 0 heterocycles. The summed E-state index contributed by atoms with van der Waals surface area (Å²) in [6, 6.07) is 13.7. The van der Waals surface area contributed by atoms with Gasteiger partial charge in [-0.1, -0.05) is 69.0 Å². The Morgan fingerprint density at radius 3 is 2.59 bits per heavy atom. The van der Waals surface area contributed by atoms with E-state index < -0.39 is 0 Å². The lowest BCUT2D eigenvalue weighted by molar-refractivity contribution is 0.113. The van der Waals surface area contributed by atoms with E-state index in [0.29, 0.717) is 6.61 Å². The second-order valence-electron chi connectivity index (χ2n) is 9.50. The molecule has 4 unspecified atom stereocenters. The minimum atomic E-state index is 0.643. The third-order valence-corrected chi connectivity index (χ3v) is 7.58. The summed E-state index contributed by atoms with van der Waals surface area (Å²) in [5, 5.41) is 2.64. The van der Waals surface area contributed by atoms with Gasteiger partial charge in [0.15, 0.2) is 0 Å². The molecule has 2 aromatic rings. The average Bonchev–Trinajstić information content (AvgIpc) is 2.77. The molecule has 0 bridgehead atoms. The molecule has 1 nitrogen and oxygen atoms in total. The number of rotatable bonds is 7. The molecule has 0 radical (unpaired) electrons. The van der Waals surface area contributed by atoms with Crippen molar-refractivity contribution in [3.8, 4) is 5.75 Å². The molecule has 0 N–H and O–H groups in total. The molecule has 2 aromatic carbocycles. The monoisotopic (exact) mass is 390 g/mol. The third-order valence-electron chi connectivity index (χ3n) is 7.58. The maximum Gasteiger partial charge on any atom is 0.120 e. The fraction of sp³-hybridized carbons (Fsp3) is 0.571. The van der Waals surface area contributed by atoms with E-state index in [1.165, 1.54) is 68.6 Å². The number of hydrogen-bond donors (Lipinski definition) is 0. The van der Waals surface area contributed by atoms with Crippen molar-refractivity contribution in [3.05, 3.63) is 54.1 Å². The van der Waals surface area contributed by atoms with Crippen molar-refractivity contribution in [2.24, 2.45) is 17.8 Å². The van der Waals surface area contributed by atoms with Crippen LogP contribution in [0.25, 0.3) is 10.8 Å². The normalized spacial score (nSPS) is 27.2. The minimum Gasteiger partial charge on any atom is -0.490 e. The number of fused-ring (bicyclic) bond motifs is 2. The Morgan fingerprint density at radius 1 is 0.931 bits per heavy atom.